The molecule has 0 saturated carbocycles. The lowest BCUT2D eigenvalue weighted by atomic mass is 9.87. The SMILES string of the molecule is CCC1CCCN(C(=O)C(C)(C)C(N)=NO)C1. The van der Waals surface area contributed by atoms with E-state index >= 15 is 0 Å². The Labute approximate surface area is 103 Å². The van der Waals surface area contributed by atoms with Crippen molar-refractivity contribution in [2.24, 2.45) is 22.2 Å². The van der Waals surface area contributed by atoms with Crippen molar-refractivity contribution in [2.75, 3.05) is 13.1 Å². The first-order chi connectivity index (χ1) is 7.93. The fraction of sp³-hybridized carbons (Fsp3) is 0.833. The summed E-state index contributed by atoms with van der Waals surface area (Å²) in [5.41, 5.74) is 4.65. The molecule has 1 aliphatic rings. The highest BCUT2D eigenvalue weighted by Gasteiger charge is 2.37. The van der Waals surface area contributed by atoms with E-state index in [9.17, 15) is 4.79 Å². The number of amidine groups is 1. The minimum absolute atomic E-state index is 0.0267. The van der Waals surface area contributed by atoms with E-state index in [1.165, 1.54) is 6.42 Å². The van der Waals surface area contributed by atoms with Gasteiger partial charge in [0.25, 0.3) is 0 Å². The lowest BCUT2D eigenvalue weighted by Gasteiger charge is -2.36. The van der Waals surface area contributed by atoms with E-state index in [1.807, 2.05) is 4.90 Å². The number of likely N-dealkylation sites (tertiary alicyclic amines) is 1. The Hall–Kier alpha value is -1.26. The number of carbonyl (C=O) groups is 1. The van der Waals surface area contributed by atoms with Crippen molar-refractivity contribution in [3.05, 3.63) is 0 Å². The Bertz CT molecular complexity index is 313. The molecule has 5 heteroatoms. The summed E-state index contributed by atoms with van der Waals surface area (Å²) >= 11 is 0. The Morgan fingerprint density at radius 3 is 2.76 bits per heavy atom. The minimum atomic E-state index is -0.926. The highest BCUT2D eigenvalue weighted by molar-refractivity contribution is 6.05. The van der Waals surface area contributed by atoms with Crippen molar-refractivity contribution >= 4 is 11.7 Å². The third kappa shape index (κ3) is 2.90. The highest BCUT2D eigenvalue weighted by Crippen LogP contribution is 2.25. The first kappa shape index (κ1) is 13.8. The molecule has 98 valence electrons. The molecule has 1 atom stereocenters. The van der Waals surface area contributed by atoms with Gasteiger partial charge in [0, 0.05) is 13.1 Å². The van der Waals surface area contributed by atoms with Gasteiger partial charge in [-0.2, -0.15) is 0 Å². The molecule has 1 unspecified atom stereocenters. The van der Waals surface area contributed by atoms with Crippen LogP contribution in [0.25, 0.3) is 0 Å². The molecule has 1 rings (SSSR count). The summed E-state index contributed by atoms with van der Waals surface area (Å²) in [6, 6.07) is 0. The molecule has 1 amide bonds. The van der Waals surface area contributed by atoms with E-state index in [0.29, 0.717) is 5.92 Å². The van der Waals surface area contributed by atoms with E-state index in [-0.39, 0.29) is 11.7 Å². The Kier molecular flexibility index (Phi) is 4.37. The van der Waals surface area contributed by atoms with Crippen LogP contribution in [0.3, 0.4) is 0 Å². The molecule has 1 heterocycles. The maximum Gasteiger partial charge on any atom is 0.235 e. The summed E-state index contributed by atoms with van der Waals surface area (Å²) in [7, 11) is 0. The van der Waals surface area contributed by atoms with E-state index in [0.717, 1.165) is 25.9 Å². The molecular formula is C12H23N3O2. The molecule has 5 nitrogen and oxygen atoms in total. The standard InChI is InChI=1S/C12H23N3O2/c1-4-9-6-5-7-15(8-9)11(16)12(2,3)10(13)14-17/h9,17H,4-8H2,1-3H3,(H2,13,14). The van der Waals surface area contributed by atoms with Crippen LogP contribution in [0.1, 0.15) is 40.0 Å². The van der Waals surface area contributed by atoms with Gasteiger partial charge >= 0.3 is 0 Å². The number of carbonyl (C=O) groups excluding carboxylic acids is 1. The fourth-order valence-corrected chi connectivity index (χ4v) is 2.21. The third-order valence-corrected chi connectivity index (χ3v) is 3.67. The van der Waals surface area contributed by atoms with Crippen molar-refractivity contribution in [3.8, 4) is 0 Å². The van der Waals surface area contributed by atoms with Crippen LogP contribution in [-0.4, -0.2) is 34.9 Å². The molecule has 1 saturated heterocycles. The predicted molar refractivity (Wildman–Crippen MR) is 66.8 cm³/mol. The van der Waals surface area contributed by atoms with Crippen LogP contribution in [0.4, 0.5) is 0 Å². The number of hydrogen-bond donors (Lipinski definition) is 2. The van der Waals surface area contributed by atoms with E-state index in [4.69, 9.17) is 10.9 Å². The molecule has 0 spiro atoms. The number of nitrogens with zero attached hydrogens (tertiary/aromatic N) is 2. The van der Waals surface area contributed by atoms with Gasteiger partial charge in [-0.15, -0.1) is 0 Å². The monoisotopic (exact) mass is 241 g/mol. The summed E-state index contributed by atoms with van der Waals surface area (Å²) in [6.45, 7) is 7.10. The van der Waals surface area contributed by atoms with Crippen LogP contribution in [0.2, 0.25) is 0 Å². The second-order valence-corrected chi connectivity index (χ2v) is 5.28. The van der Waals surface area contributed by atoms with Crippen molar-refractivity contribution < 1.29 is 10.0 Å². The number of piperidine rings is 1. The van der Waals surface area contributed by atoms with Gasteiger partial charge < -0.3 is 15.8 Å². The van der Waals surface area contributed by atoms with Crippen molar-refractivity contribution in [3.63, 3.8) is 0 Å². The summed E-state index contributed by atoms with van der Waals surface area (Å²) in [5, 5.41) is 11.7. The van der Waals surface area contributed by atoms with Crippen LogP contribution in [0.5, 0.6) is 0 Å². The van der Waals surface area contributed by atoms with E-state index in [2.05, 4.69) is 12.1 Å². The normalized spacial score (nSPS) is 22.6. The summed E-state index contributed by atoms with van der Waals surface area (Å²) in [6.07, 6.45) is 3.31. The van der Waals surface area contributed by atoms with Crippen LogP contribution in [0, 0.1) is 11.3 Å². The molecule has 1 aliphatic heterocycles. The molecule has 0 aromatic carbocycles. The maximum atomic E-state index is 12.3. The van der Waals surface area contributed by atoms with Crippen molar-refractivity contribution in [1.82, 2.24) is 4.90 Å². The van der Waals surface area contributed by atoms with Gasteiger partial charge in [-0.3, -0.25) is 4.79 Å². The number of hydrogen-bond acceptors (Lipinski definition) is 3. The largest absolute Gasteiger partial charge is 0.409 e. The Morgan fingerprint density at radius 1 is 1.59 bits per heavy atom. The average molecular weight is 241 g/mol. The van der Waals surface area contributed by atoms with Gasteiger partial charge in [0.15, 0.2) is 5.84 Å². The van der Waals surface area contributed by atoms with Crippen molar-refractivity contribution in [2.45, 2.75) is 40.0 Å². The topological polar surface area (TPSA) is 78.9 Å². The zero-order valence-corrected chi connectivity index (χ0v) is 10.9. The zero-order chi connectivity index (χ0) is 13.1. The molecule has 0 radical (unpaired) electrons. The van der Waals surface area contributed by atoms with Crippen LogP contribution in [0.15, 0.2) is 5.16 Å². The van der Waals surface area contributed by atoms with Gasteiger partial charge in [-0.05, 0) is 32.6 Å². The van der Waals surface area contributed by atoms with Crippen molar-refractivity contribution in [1.29, 1.82) is 0 Å². The third-order valence-electron chi connectivity index (χ3n) is 3.67. The fourth-order valence-electron chi connectivity index (χ4n) is 2.21. The number of oxime groups is 1. The molecule has 17 heavy (non-hydrogen) atoms. The lowest BCUT2D eigenvalue weighted by Crippen LogP contribution is -2.50. The van der Waals surface area contributed by atoms with Gasteiger partial charge in [0.05, 0.1) is 0 Å². The van der Waals surface area contributed by atoms with Crippen LogP contribution in [-0.2, 0) is 4.79 Å². The second-order valence-electron chi connectivity index (χ2n) is 5.28. The predicted octanol–water partition coefficient (Wildman–Crippen LogP) is 1.41. The quantitative estimate of drug-likeness (QED) is 0.339. The molecule has 0 aromatic heterocycles. The second kappa shape index (κ2) is 5.38. The van der Waals surface area contributed by atoms with Gasteiger partial charge in [0.1, 0.15) is 5.41 Å². The molecule has 0 aliphatic carbocycles. The first-order valence-corrected chi connectivity index (χ1v) is 6.20. The smallest absolute Gasteiger partial charge is 0.235 e. The van der Waals surface area contributed by atoms with E-state index in [1.54, 1.807) is 13.8 Å². The molecule has 0 aromatic rings. The summed E-state index contributed by atoms with van der Waals surface area (Å²) < 4.78 is 0. The highest BCUT2D eigenvalue weighted by atomic mass is 16.4. The van der Waals surface area contributed by atoms with Gasteiger partial charge in [-0.25, -0.2) is 0 Å². The molecular weight excluding hydrogens is 218 g/mol. The first-order valence-electron chi connectivity index (χ1n) is 6.20. The average Bonchev–Trinajstić information content (AvgIpc) is 2.36. The van der Waals surface area contributed by atoms with Gasteiger partial charge in [0.2, 0.25) is 5.91 Å². The summed E-state index contributed by atoms with van der Waals surface area (Å²) in [4.78, 5) is 14.2. The molecule has 1 fully saturated rings. The van der Waals surface area contributed by atoms with E-state index < -0.39 is 5.41 Å². The number of nitrogens with two attached hydrogens (primary N) is 1. The number of amides is 1. The zero-order valence-electron chi connectivity index (χ0n) is 10.9. The Morgan fingerprint density at radius 2 is 2.24 bits per heavy atom. The maximum absolute atomic E-state index is 12.3. The molecule has 0 bridgehead atoms. The minimum Gasteiger partial charge on any atom is -0.409 e. The van der Waals surface area contributed by atoms with Crippen LogP contribution < -0.4 is 5.73 Å². The molecule has 3 N–H and O–H groups in total. The lowest BCUT2D eigenvalue weighted by molar-refractivity contribution is -0.139. The van der Waals surface area contributed by atoms with Gasteiger partial charge in [-0.1, -0.05) is 18.5 Å². The number of rotatable bonds is 3. The van der Waals surface area contributed by atoms with Crippen LogP contribution >= 0.6 is 0 Å². The Balaban J connectivity index is 2.75. The summed E-state index contributed by atoms with van der Waals surface area (Å²) in [5.74, 6) is 0.503.